The highest BCUT2D eigenvalue weighted by molar-refractivity contribution is 7.11. The molecule has 19 heavy (non-hydrogen) atoms. The van der Waals surface area contributed by atoms with E-state index < -0.39 is 0 Å². The number of nitrogens with two attached hydrogens (primary N) is 1. The fourth-order valence-electron chi connectivity index (χ4n) is 2.48. The molecule has 0 aliphatic heterocycles. The summed E-state index contributed by atoms with van der Waals surface area (Å²) in [6.45, 7) is 6.12. The van der Waals surface area contributed by atoms with Gasteiger partial charge in [0.05, 0.1) is 0 Å². The summed E-state index contributed by atoms with van der Waals surface area (Å²) in [7, 11) is 0. The Kier molecular flexibility index (Phi) is 4.29. The summed E-state index contributed by atoms with van der Waals surface area (Å²) in [4.78, 5) is 12.1. The number of nitrogens with zero attached hydrogens (tertiary/aromatic N) is 1. The molecular weight excluding hydrogens is 260 g/mol. The topological polar surface area (TPSA) is 80.0 Å². The number of amides is 1. The third kappa shape index (κ3) is 3.37. The number of hydrogen-bond donors (Lipinski definition) is 3. The van der Waals surface area contributed by atoms with E-state index in [0.29, 0.717) is 17.4 Å². The second-order valence-corrected chi connectivity index (χ2v) is 6.43. The Balaban J connectivity index is 2.11. The highest BCUT2D eigenvalue weighted by Gasteiger charge is 2.25. The summed E-state index contributed by atoms with van der Waals surface area (Å²) in [5.74, 6) is 0.919. The van der Waals surface area contributed by atoms with E-state index in [2.05, 4.69) is 21.9 Å². The number of carbonyl (C=O) groups excluding carboxylic acids is 1. The van der Waals surface area contributed by atoms with Crippen LogP contribution in [0, 0.1) is 5.92 Å². The molecule has 1 heterocycles. The van der Waals surface area contributed by atoms with Crippen molar-refractivity contribution in [2.24, 2.45) is 5.92 Å². The molecule has 4 N–H and O–H groups in total. The molecule has 0 aromatic carbocycles. The number of anilines is 2. The summed E-state index contributed by atoms with van der Waals surface area (Å²) in [5.41, 5.74) is 6.32. The van der Waals surface area contributed by atoms with E-state index in [1.807, 2.05) is 13.8 Å². The molecule has 6 heteroatoms. The number of rotatable bonds is 4. The van der Waals surface area contributed by atoms with E-state index in [-0.39, 0.29) is 11.9 Å². The van der Waals surface area contributed by atoms with Gasteiger partial charge in [0.25, 0.3) is 5.91 Å². The lowest BCUT2D eigenvalue weighted by molar-refractivity contribution is 0.0945. The Morgan fingerprint density at radius 3 is 2.79 bits per heavy atom. The molecule has 0 bridgehead atoms. The zero-order chi connectivity index (χ0) is 14.0. The van der Waals surface area contributed by atoms with Crippen molar-refractivity contribution in [1.29, 1.82) is 0 Å². The molecule has 5 nitrogen and oxygen atoms in total. The van der Waals surface area contributed by atoms with Crippen LogP contribution in [-0.4, -0.2) is 22.4 Å². The van der Waals surface area contributed by atoms with Crippen molar-refractivity contribution in [3.8, 4) is 0 Å². The largest absolute Gasteiger partial charge is 0.382 e. The summed E-state index contributed by atoms with van der Waals surface area (Å²) in [6, 6.07) is 0.520. The molecule has 1 fully saturated rings. The number of carbonyl (C=O) groups is 1. The average Bonchev–Trinajstić information content (AvgIpc) is 2.85. The van der Waals surface area contributed by atoms with Crippen LogP contribution < -0.4 is 16.4 Å². The van der Waals surface area contributed by atoms with Gasteiger partial charge in [0.2, 0.25) is 0 Å². The van der Waals surface area contributed by atoms with Gasteiger partial charge in [-0.25, -0.2) is 0 Å². The highest BCUT2D eigenvalue weighted by atomic mass is 32.1. The lowest BCUT2D eigenvalue weighted by Crippen LogP contribution is -2.31. The second-order valence-electron chi connectivity index (χ2n) is 5.66. The van der Waals surface area contributed by atoms with Crippen LogP contribution >= 0.6 is 11.5 Å². The van der Waals surface area contributed by atoms with Crippen molar-refractivity contribution >= 4 is 28.3 Å². The normalized spacial score (nSPS) is 22.7. The van der Waals surface area contributed by atoms with E-state index in [0.717, 1.165) is 23.8 Å². The van der Waals surface area contributed by atoms with Crippen molar-refractivity contribution in [3.05, 3.63) is 5.56 Å². The quantitative estimate of drug-likeness (QED) is 0.792. The maximum absolute atomic E-state index is 12.1. The number of nitrogens with one attached hydrogen (secondary N) is 2. The lowest BCUT2D eigenvalue weighted by Gasteiger charge is -2.14. The van der Waals surface area contributed by atoms with E-state index in [9.17, 15) is 4.79 Å². The molecule has 1 aliphatic carbocycles. The first-order chi connectivity index (χ1) is 8.97. The van der Waals surface area contributed by atoms with Gasteiger partial charge in [0.1, 0.15) is 10.6 Å². The lowest BCUT2D eigenvalue weighted by atomic mass is 10.1. The third-order valence-corrected chi connectivity index (χ3v) is 4.19. The minimum absolute atomic E-state index is 0.0890. The minimum Gasteiger partial charge on any atom is -0.382 e. The standard InChI is InChI=1S/C13H22N4OS/c1-7(2)15-12(18)10-11(14)17-19-13(10)16-9-5-4-8(3)6-9/h7-9,16H,4-6H2,1-3H3,(H2,14,17)(H,15,18). The van der Waals surface area contributed by atoms with E-state index >= 15 is 0 Å². The Bertz CT molecular complexity index is 457. The smallest absolute Gasteiger partial charge is 0.258 e. The van der Waals surface area contributed by atoms with Crippen molar-refractivity contribution in [2.75, 3.05) is 11.1 Å². The monoisotopic (exact) mass is 282 g/mol. The third-order valence-electron chi connectivity index (χ3n) is 3.40. The Morgan fingerprint density at radius 2 is 2.21 bits per heavy atom. The van der Waals surface area contributed by atoms with Gasteiger partial charge in [-0.05, 0) is 50.6 Å². The zero-order valence-electron chi connectivity index (χ0n) is 11.7. The first-order valence-electron chi connectivity index (χ1n) is 6.80. The Morgan fingerprint density at radius 1 is 1.47 bits per heavy atom. The first kappa shape index (κ1) is 14.1. The average molecular weight is 282 g/mol. The van der Waals surface area contributed by atoms with Crippen LogP contribution in [0.4, 0.5) is 10.8 Å². The molecule has 0 radical (unpaired) electrons. The van der Waals surface area contributed by atoms with Gasteiger partial charge < -0.3 is 16.4 Å². The number of nitrogen functional groups attached to an aromatic ring is 1. The molecule has 1 aromatic rings. The summed E-state index contributed by atoms with van der Waals surface area (Å²) < 4.78 is 4.10. The van der Waals surface area contributed by atoms with Crippen LogP contribution in [0.2, 0.25) is 0 Å². The van der Waals surface area contributed by atoms with Crippen LogP contribution in [0.5, 0.6) is 0 Å². The van der Waals surface area contributed by atoms with Crippen molar-refractivity contribution < 1.29 is 4.79 Å². The predicted octanol–water partition coefficient (Wildman–Crippen LogP) is 2.46. The summed E-state index contributed by atoms with van der Waals surface area (Å²) in [5, 5.41) is 7.10. The van der Waals surface area contributed by atoms with Gasteiger partial charge in [-0.1, -0.05) is 6.92 Å². The van der Waals surface area contributed by atoms with Crippen molar-refractivity contribution in [2.45, 2.75) is 52.1 Å². The Labute approximate surface area is 118 Å². The predicted molar refractivity (Wildman–Crippen MR) is 79.6 cm³/mol. The first-order valence-corrected chi connectivity index (χ1v) is 7.57. The Hall–Kier alpha value is -1.30. The summed E-state index contributed by atoms with van der Waals surface area (Å²) >= 11 is 1.27. The van der Waals surface area contributed by atoms with Crippen LogP contribution in [0.25, 0.3) is 0 Å². The molecule has 0 saturated heterocycles. The minimum atomic E-state index is -0.144. The zero-order valence-corrected chi connectivity index (χ0v) is 12.5. The van der Waals surface area contributed by atoms with Crippen LogP contribution in [0.3, 0.4) is 0 Å². The molecule has 1 aliphatic rings. The maximum Gasteiger partial charge on any atom is 0.258 e. The van der Waals surface area contributed by atoms with E-state index in [1.165, 1.54) is 18.0 Å². The van der Waals surface area contributed by atoms with E-state index in [4.69, 9.17) is 5.73 Å². The molecule has 2 unspecified atom stereocenters. The molecule has 2 atom stereocenters. The van der Waals surface area contributed by atoms with Crippen molar-refractivity contribution in [3.63, 3.8) is 0 Å². The van der Waals surface area contributed by atoms with Gasteiger partial charge in [-0.3, -0.25) is 4.79 Å². The molecule has 1 aromatic heterocycles. The molecule has 2 rings (SSSR count). The molecule has 0 spiro atoms. The van der Waals surface area contributed by atoms with Gasteiger partial charge in [-0.15, -0.1) is 0 Å². The van der Waals surface area contributed by atoms with Gasteiger partial charge in [0, 0.05) is 12.1 Å². The van der Waals surface area contributed by atoms with Crippen LogP contribution in [0.15, 0.2) is 0 Å². The van der Waals surface area contributed by atoms with Gasteiger partial charge >= 0.3 is 0 Å². The fourth-order valence-corrected chi connectivity index (χ4v) is 3.27. The fraction of sp³-hybridized carbons (Fsp3) is 0.692. The molecule has 1 saturated carbocycles. The van der Waals surface area contributed by atoms with Gasteiger partial charge in [0.15, 0.2) is 5.82 Å². The number of aromatic nitrogens is 1. The maximum atomic E-state index is 12.1. The van der Waals surface area contributed by atoms with Crippen molar-refractivity contribution in [1.82, 2.24) is 9.69 Å². The second kappa shape index (κ2) is 5.77. The van der Waals surface area contributed by atoms with Crippen LogP contribution in [-0.2, 0) is 0 Å². The molecular formula is C13H22N4OS. The summed E-state index contributed by atoms with van der Waals surface area (Å²) in [6.07, 6.45) is 3.52. The molecule has 1 amide bonds. The van der Waals surface area contributed by atoms with E-state index in [1.54, 1.807) is 0 Å². The van der Waals surface area contributed by atoms with Gasteiger partial charge in [-0.2, -0.15) is 4.37 Å². The SMILES string of the molecule is CC1CCC(Nc2snc(N)c2C(=O)NC(C)C)C1. The molecule has 106 valence electrons. The number of hydrogen-bond acceptors (Lipinski definition) is 5. The van der Waals surface area contributed by atoms with Crippen LogP contribution in [0.1, 0.15) is 50.4 Å². The highest BCUT2D eigenvalue weighted by Crippen LogP contribution is 2.32.